The Morgan fingerprint density at radius 2 is 2.23 bits per heavy atom. The zero-order valence-corrected chi connectivity index (χ0v) is 9.14. The highest BCUT2D eigenvalue weighted by atomic mass is 79.9. The second kappa shape index (κ2) is 3.65. The molecule has 2 rings (SSSR count). The zero-order chi connectivity index (χ0) is 9.26. The van der Waals surface area contributed by atoms with Gasteiger partial charge < -0.3 is 10.2 Å². The number of hydrogen-bond acceptors (Lipinski definition) is 3. The summed E-state index contributed by atoms with van der Waals surface area (Å²) < 4.78 is 6.08. The maximum absolute atomic E-state index is 5.97. The maximum atomic E-state index is 5.97. The fourth-order valence-electron chi connectivity index (χ4n) is 1.11. The summed E-state index contributed by atoms with van der Waals surface area (Å²) in [5, 5.41) is 4.04. The summed E-state index contributed by atoms with van der Waals surface area (Å²) in [6, 6.07) is 5.58. The van der Waals surface area contributed by atoms with E-state index in [2.05, 4.69) is 15.9 Å². The minimum Gasteiger partial charge on any atom is -0.452 e. The molecular weight excluding hydrogens is 250 g/mol. The average Bonchev–Trinajstić information content (AvgIpc) is 2.72. The lowest BCUT2D eigenvalue weighted by Gasteiger charge is -2.04. The Hall–Kier alpha value is -0.580. The summed E-state index contributed by atoms with van der Waals surface area (Å²) in [6.07, 6.45) is 0. The van der Waals surface area contributed by atoms with Crippen molar-refractivity contribution in [2.24, 2.45) is 5.73 Å². The van der Waals surface area contributed by atoms with Crippen molar-refractivity contribution in [1.82, 2.24) is 0 Å². The predicted octanol–water partition coefficient (Wildman–Crippen LogP) is 3.15. The van der Waals surface area contributed by atoms with Gasteiger partial charge in [-0.1, -0.05) is 0 Å². The summed E-state index contributed by atoms with van der Waals surface area (Å²) in [7, 11) is 0. The third-order valence-electron chi connectivity index (χ3n) is 1.80. The second-order valence-electron chi connectivity index (χ2n) is 2.68. The van der Waals surface area contributed by atoms with Gasteiger partial charge in [-0.3, -0.25) is 0 Å². The van der Waals surface area contributed by atoms with E-state index >= 15 is 0 Å². The summed E-state index contributed by atoms with van der Waals surface area (Å²) >= 11 is 4.88. The predicted molar refractivity (Wildman–Crippen MR) is 56.8 cm³/mol. The molecule has 0 bridgehead atoms. The molecule has 0 aliphatic carbocycles. The van der Waals surface area contributed by atoms with Gasteiger partial charge in [-0.05, 0) is 50.5 Å². The van der Waals surface area contributed by atoms with Crippen LogP contribution in [0.1, 0.15) is 17.4 Å². The Kier molecular flexibility index (Phi) is 2.53. The Bertz CT molecular complexity index is 382. The van der Waals surface area contributed by atoms with Gasteiger partial charge in [0.25, 0.3) is 0 Å². The van der Waals surface area contributed by atoms with Gasteiger partial charge in [-0.2, -0.15) is 11.3 Å². The molecule has 0 saturated heterocycles. The smallest absolute Gasteiger partial charge is 0.169 e. The van der Waals surface area contributed by atoms with Crippen molar-refractivity contribution in [3.05, 3.63) is 45.0 Å². The normalized spacial score (nSPS) is 13.1. The summed E-state index contributed by atoms with van der Waals surface area (Å²) in [5.41, 5.74) is 7.06. The van der Waals surface area contributed by atoms with Gasteiger partial charge in [0.2, 0.25) is 0 Å². The lowest BCUT2D eigenvalue weighted by molar-refractivity contribution is 0.470. The third kappa shape index (κ3) is 1.85. The van der Waals surface area contributed by atoms with Gasteiger partial charge in [0.15, 0.2) is 4.67 Å². The van der Waals surface area contributed by atoms with E-state index in [0.717, 1.165) is 11.3 Å². The number of nitrogens with two attached hydrogens (primary N) is 1. The number of hydrogen-bond donors (Lipinski definition) is 1. The number of rotatable bonds is 2. The van der Waals surface area contributed by atoms with Crippen molar-refractivity contribution < 1.29 is 4.42 Å². The molecule has 0 aliphatic rings. The van der Waals surface area contributed by atoms with Crippen LogP contribution < -0.4 is 5.73 Å². The van der Waals surface area contributed by atoms with Gasteiger partial charge in [-0.15, -0.1) is 0 Å². The van der Waals surface area contributed by atoms with E-state index in [9.17, 15) is 0 Å². The Balaban J connectivity index is 2.28. The van der Waals surface area contributed by atoms with Crippen LogP contribution in [-0.2, 0) is 0 Å². The summed E-state index contributed by atoms with van der Waals surface area (Å²) in [5.74, 6) is 0.783. The molecule has 4 heteroatoms. The quantitative estimate of drug-likeness (QED) is 0.898. The van der Waals surface area contributed by atoms with Crippen molar-refractivity contribution in [2.45, 2.75) is 6.04 Å². The zero-order valence-electron chi connectivity index (χ0n) is 6.74. The molecule has 0 aromatic carbocycles. The minimum atomic E-state index is -0.155. The highest BCUT2D eigenvalue weighted by Crippen LogP contribution is 2.25. The van der Waals surface area contributed by atoms with Crippen LogP contribution in [0.15, 0.2) is 38.0 Å². The van der Waals surface area contributed by atoms with Crippen LogP contribution in [0.2, 0.25) is 0 Å². The molecule has 0 amide bonds. The fraction of sp³-hybridized carbons (Fsp3) is 0.111. The average molecular weight is 258 g/mol. The third-order valence-corrected chi connectivity index (χ3v) is 2.93. The number of halogens is 1. The molecule has 2 aromatic rings. The van der Waals surface area contributed by atoms with Gasteiger partial charge in [0.1, 0.15) is 5.76 Å². The highest BCUT2D eigenvalue weighted by Gasteiger charge is 2.12. The second-order valence-corrected chi connectivity index (χ2v) is 4.24. The van der Waals surface area contributed by atoms with Gasteiger partial charge >= 0.3 is 0 Å². The van der Waals surface area contributed by atoms with Gasteiger partial charge in [0, 0.05) is 0 Å². The number of thiophene rings is 1. The first kappa shape index (κ1) is 8.99. The molecule has 2 aromatic heterocycles. The standard InChI is InChI=1S/C9H8BrNOS/c10-8-2-1-7(12-8)9(11)6-3-4-13-5-6/h1-5,9H,11H2/t9-/m1/s1. The van der Waals surface area contributed by atoms with Crippen molar-refractivity contribution in [3.63, 3.8) is 0 Å². The molecule has 68 valence electrons. The largest absolute Gasteiger partial charge is 0.452 e. The maximum Gasteiger partial charge on any atom is 0.169 e. The van der Waals surface area contributed by atoms with E-state index < -0.39 is 0 Å². The Morgan fingerprint density at radius 1 is 1.38 bits per heavy atom. The van der Waals surface area contributed by atoms with Gasteiger partial charge in [0.05, 0.1) is 6.04 Å². The molecule has 0 saturated carbocycles. The molecule has 0 spiro atoms. The van der Waals surface area contributed by atoms with Crippen molar-refractivity contribution in [1.29, 1.82) is 0 Å². The monoisotopic (exact) mass is 257 g/mol. The first-order valence-electron chi connectivity index (χ1n) is 3.80. The molecule has 0 radical (unpaired) electrons. The van der Waals surface area contributed by atoms with Crippen LogP contribution in [0.3, 0.4) is 0 Å². The molecule has 2 N–H and O–H groups in total. The molecule has 0 aliphatic heterocycles. The fourth-order valence-corrected chi connectivity index (χ4v) is 2.13. The van der Waals surface area contributed by atoms with Crippen LogP contribution in [0, 0.1) is 0 Å². The summed E-state index contributed by atoms with van der Waals surface area (Å²) in [6.45, 7) is 0. The molecule has 2 heterocycles. The first-order chi connectivity index (χ1) is 6.27. The first-order valence-corrected chi connectivity index (χ1v) is 5.54. The molecule has 1 atom stereocenters. The molecule has 0 fully saturated rings. The molecular formula is C9H8BrNOS. The molecule has 13 heavy (non-hydrogen) atoms. The highest BCUT2D eigenvalue weighted by molar-refractivity contribution is 9.10. The van der Waals surface area contributed by atoms with E-state index in [4.69, 9.17) is 10.2 Å². The van der Waals surface area contributed by atoms with Crippen LogP contribution in [-0.4, -0.2) is 0 Å². The lowest BCUT2D eigenvalue weighted by Crippen LogP contribution is -2.09. The summed E-state index contributed by atoms with van der Waals surface area (Å²) in [4.78, 5) is 0. The van der Waals surface area contributed by atoms with E-state index in [1.165, 1.54) is 0 Å². The van der Waals surface area contributed by atoms with E-state index in [-0.39, 0.29) is 6.04 Å². The lowest BCUT2D eigenvalue weighted by atomic mass is 10.1. The Morgan fingerprint density at radius 3 is 2.77 bits per heavy atom. The number of furan rings is 1. The molecule has 0 unspecified atom stereocenters. The minimum absolute atomic E-state index is 0.155. The topological polar surface area (TPSA) is 39.2 Å². The van der Waals surface area contributed by atoms with Gasteiger partial charge in [-0.25, -0.2) is 0 Å². The van der Waals surface area contributed by atoms with E-state index in [1.54, 1.807) is 11.3 Å². The SMILES string of the molecule is N[C@H](c1ccsc1)c1ccc(Br)o1. The van der Waals surface area contributed by atoms with Crippen molar-refractivity contribution in [2.75, 3.05) is 0 Å². The Labute approximate surface area is 88.5 Å². The van der Waals surface area contributed by atoms with Crippen LogP contribution in [0.25, 0.3) is 0 Å². The van der Waals surface area contributed by atoms with E-state index in [1.807, 2.05) is 29.0 Å². The van der Waals surface area contributed by atoms with E-state index in [0.29, 0.717) is 4.67 Å². The van der Waals surface area contributed by atoms with Crippen LogP contribution in [0.5, 0.6) is 0 Å². The van der Waals surface area contributed by atoms with Crippen LogP contribution in [0.4, 0.5) is 0 Å². The van der Waals surface area contributed by atoms with Crippen LogP contribution >= 0.6 is 27.3 Å². The van der Waals surface area contributed by atoms with Crippen molar-refractivity contribution in [3.8, 4) is 0 Å². The molecule has 2 nitrogen and oxygen atoms in total. The van der Waals surface area contributed by atoms with Crippen molar-refractivity contribution >= 4 is 27.3 Å².